The van der Waals surface area contributed by atoms with Crippen LogP contribution in [0, 0.1) is 17.2 Å². The largest absolute Gasteiger partial charge is 0.400 e. The molecule has 7 nitrogen and oxygen atoms in total. The molecule has 1 saturated heterocycles. The monoisotopic (exact) mass is 598 g/mol. The summed E-state index contributed by atoms with van der Waals surface area (Å²) in [6.07, 6.45) is -5.49. The van der Waals surface area contributed by atoms with Crippen molar-refractivity contribution in [1.82, 2.24) is 10.3 Å². The number of nitriles is 1. The first kappa shape index (κ1) is 28.8. The number of anilines is 1. The number of halogens is 4. The predicted octanol–water partition coefficient (Wildman–Crippen LogP) is 4.89. The van der Waals surface area contributed by atoms with Gasteiger partial charge in [-0.05, 0) is 56.7 Å². The topological polar surface area (TPSA) is 103 Å². The van der Waals surface area contributed by atoms with Crippen LogP contribution in [-0.4, -0.2) is 62.3 Å². The maximum atomic E-state index is 14.5. The number of carbonyl (C=O) groups excluding carboxylic acids is 1. The number of nitrogens with zero attached hydrogens (tertiary/aromatic N) is 3. The Kier molecular flexibility index (Phi) is 7.63. The minimum atomic E-state index is -4.46. The van der Waals surface area contributed by atoms with Gasteiger partial charge in [0.1, 0.15) is 22.6 Å². The third kappa shape index (κ3) is 5.57. The quantitative estimate of drug-likeness (QED) is 0.475. The molecule has 216 valence electrons. The lowest BCUT2D eigenvalue weighted by atomic mass is 9.75. The van der Waals surface area contributed by atoms with Crippen LogP contribution in [0.5, 0.6) is 0 Å². The summed E-state index contributed by atoms with van der Waals surface area (Å²) in [5, 5.41) is 11.7. The molecular weight excluding hydrogens is 568 g/mol. The molecule has 1 aliphatic heterocycles. The van der Waals surface area contributed by atoms with E-state index >= 15 is 0 Å². The van der Waals surface area contributed by atoms with Crippen molar-refractivity contribution >= 4 is 32.8 Å². The minimum absolute atomic E-state index is 0.0396. The zero-order chi connectivity index (χ0) is 28.9. The first-order chi connectivity index (χ1) is 18.8. The minimum Gasteiger partial charge on any atom is -0.369 e. The number of hydrogen-bond acceptors (Lipinski definition) is 7. The van der Waals surface area contributed by atoms with E-state index in [1.165, 1.54) is 6.92 Å². The van der Waals surface area contributed by atoms with Gasteiger partial charge in [0.25, 0.3) is 0 Å². The van der Waals surface area contributed by atoms with Crippen molar-refractivity contribution in [2.45, 2.75) is 68.8 Å². The van der Waals surface area contributed by atoms with Crippen LogP contribution in [0.4, 0.5) is 23.2 Å². The SMILES string of the molecule is C[C@@H](C#N)NC(=O)[C@@H]1C[C@@H](F)CC[C@H]1c1nc(C2(C(F)(F)F)CC2)sc1-c1ccc(N2CCS(=O)(=O)CC2)cc1. The number of aromatic nitrogens is 1. The smallest absolute Gasteiger partial charge is 0.369 e. The van der Waals surface area contributed by atoms with Gasteiger partial charge in [-0.15, -0.1) is 11.3 Å². The van der Waals surface area contributed by atoms with Crippen molar-refractivity contribution in [2.24, 2.45) is 5.92 Å². The highest BCUT2D eigenvalue weighted by Crippen LogP contribution is 2.61. The molecule has 3 aliphatic rings. The van der Waals surface area contributed by atoms with Crippen LogP contribution in [0.3, 0.4) is 0 Å². The lowest BCUT2D eigenvalue weighted by molar-refractivity contribution is -0.160. The number of sulfone groups is 1. The summed E-state index contributed by atoms with van der Waals surface area (Å²) in [6, 6.07) is 8.30. The van der Waals surface area contributed by atoms with Crippen molar-refractivity contribution in [3.63, 3.8) is 0 Å². The summed E-state index contributed by atoms with van der Waals surface area (Å²) in [7, 11) is -3.05. The van der Waals surface area contributed by atoms with Crippen molar-refractivity contribution in [2.75, 3.05) is 29.5 Å². The highest BCUT2D eigenvalue weighted by molar-refractivity contribution is 7.91. The molecule has 1 N–H and O–H groups in total. The van der Waals surface area contributed by atoms with Gasteiger partial charge in [-0.25, -0.2) is 17.8 Å². The molecule has 0 radical (unpaired) electrons. The standard InChI is InChI=1S/C27H30F4N4O3S2/c1-16(15-32)33-24(36)21-14-18(28)4-7-20(21)22-23(39-25(34-22)26(8-9-26)27(29,30)31)17-2-5-19(6-3-17)35-10-12-40(37,38)13-11-35/h2-3,5-6,16,18,20-21H,4,7-14H2,1H3,(H,33,36)/t16-,18-,20+,21+/m0/s1. The highest BCUT2D eigenvalue weighted by Gasteiger charge is 2.66. The van der Waals surface area contributed by atoms with Crippen LogP contribution in [0.25, 0.3) is 10.4 Å². The van der Waals surface area contributed by atoms with Crippen LogP contribution >= 0.6 is 11.3 Å². The normalized spacial score (nSPS) is 26.5. The molecule has 2 saturated carbocycles. The average Bonchev–Trinajstić information content (AvgIpc) is 3.62. The molecule has 40 heavy (non-hydrogen) atoms. The van der Waals surface area contributed by atoms with Crippen LogP contribution in [-0.2, 0) is 20.0 Å². The fourth-order valence-corrected chi connectivity index (χ4v) is 8.23. The third-order valence-corrected chi connectivity index (χ3v) is 11.2. The second-order valence-electron chi connectivity index (χ2n) is 11.0. The lowest BCUT2D eigenvalue weighted by Crippen LogP contribution is -2.42. The van der Waals surface area contributed by atoms with E-state index in [-0.39, 0.29) is 48.6 Å². The van der Waals surface area contributed by atoms with E-state index in [2.05, 4.69) is 10.3 Å². The number of nitrogens with one attached hydrogen (secondary N) is 1. The Balaban J connectivity index is 1.52. The van der Waals surface area contributed by atoms with E-state index in [0.717, 1.165) is 17.0 Å². The summed E-state index contributed by atoms with van der Waals surface area (Å²) in [6.45, 7) is 2.22. The Morgan fingerprint density at radius 3 is 2.42 bits per heavy atom. The average molecular weight is 599 g/mol. The summed E-state index contributed by atoms with van der Waals surface area (Å²) in [5.41, 5.74) is -0.200. The molecule has 3 fully saturated rings. The molecule has 0 unspecified atom stereocenters. The van der Waals surface area contributed by atoms with Crippen molar-refractivity contribution in [1.29, 1.82) is 5.26 Å². The van der Waals surface area contributed by atoms with E-state index in [1.54, 1.807) is 12.1 Å². The molecule has 13 heteroatoms. The second kappa shape index (κ2) is 10.6. The Morgan fingerprint density at radius 1 is 1.20 bits per heavy atom. The van der Waals surface area contributed by atoms with E-state index in [1.807, 2.05) is 23.1 Å². The second-order valence-corrected chi connectivity index (χ2v) is 14.3. The Bertz CT molecular complexity index is 1400. The molecule has 1 aromatic carbocycles. The van der Waals surface area contributed by atoms with Gasteiger partial charge in [-0.1, -0.05) is 12.1 Å². The molecule has 1 amide bonds. The predicted molar refractivity (Wildman–Crippen MR) is 144 cm³/mol. The third-order valence-electron chi connectivity index (χ3n) is 8.22. The van der Waals surface area contributed by atoms with Crippen molar-refractivity contribution in [3.05, 3.63) is 35.0 Å². The van der Waals surface area contributed by atoms with E-state index < -0.39 is 51.4 Å². The van der Waals surface area contributed by atoms with Crippen LogP contribution in [0.1, 0.15) is 55.6 Å². The van der Waals surface area contributed by atoms with E-state index in [0.29, 0.717) is 29.2 Å². The van der Waals surface area contributed by atoms with E-state index in [9.17, 15) is 30.8 Å². The maximum absolute atomic E-state index is 14.5. The Labute approximate surface area is 234 Å². The van der Waals surface area contributed by atoms with Crippen molar-refractivity contribution < 1.29 is 30.8 Å². The first-order valence-electron chi connectivity index (χ1n) is 13.3. The lowest BCUT2D eigenvalue weighted by Gasteiger charge is -2.32. The number of carbonyl (C=O) groups is 1. The van der Waals surface area contributed by atoms with Crippen molar-refractivity contribution in [3.8, 4) is 16.5 Å². The van der Waals surface area contributed by atoms with Gasteiger partial charge < -0.3 is 10.2 Å². The highest BCUT2D eigenvalue weighted by atomic mass is 32.2. The summed E-state index contributed by atoms with van der Waals surface area (Å²) >= 11 is 0.975. The van der Waals surface area contributed by atoms with Gasteiger partial charge in [-0.3, -0.25) is 4.79 Å². The fraction of sp³-hybridized carbons (Fsp3) is 0.593. The zero-order valence-corrected chi connectivity index (χ0v) is 23.5. The van der Waals surface area contributed by atoms with Gasteiger partial charge in [0.2, 0.25) is 5.91 Å². The number of amides is 1. The van der Waals surface area contributed by atoms with Crippen LogP contribution in [0.15, 0.2) is 24.3 Å². The van der Waals surface area contributed by atoms with Gasteiger partial charge in [0.15, 0.2) is 9.84 Å². The molecular formula is C27H30F4N4O3S2. The number of thiazole rings is 1. The molecule has 5 rings (SSSR count). The number of hydrogen-bond donors (Lipinski definition) is 1. The summed E-state index contributed by atoms with van der Waals surface area (Å²) in [4.78, 5) is 20.1. The van der Waals surface area contributed by atoms with Gasteiger partial charge >= 0.3 is 6.18 Å². The molecule has 0 spiro atoms. The molecule has 2 aliphatic carbocycles. The maximum Gasteiger partial charge on any atom is 0.400 e. The van der Waals surface area contributed by atoms with Gasteiger partial charge in [0, 0.05) is 30.6 Å². The fourth-order valence-electron chi connectivity index (χ4n) is 5.62. The summed E-state index contributed by atoms with van der Waals surface area (Å²) < 4.78 is 80.4. The first-order valence-corrected chi connectivity index (χ1v) is 15.9. The van der Waals surface area contributed by atoms with Gasteiger partial charge in [0.05, 0.1) is 28.1 Å². The molecule has 0 bridgehead atoms. The number of benzene rings is 1. The van der Waals surface area contributed by atoms with Gasteiger partial charge in [-0.2, -0.15) is 18.4 Å². The number of rotatable bonds is 6. The van der Waals surface area contributed by atoms with E-state index in [4.69, 9.17) is 5.26 Å². The molecule has 4 atom stereocenters. The Morgan fingerprint density at radius 2 is 1.85 bits per heavy atom. The zero-order valence-electron chi connectivity index (χ0n) is 21.9. The Hall–Kier alpha value is -2.72. The van der Waals surface area contributed by atoms with Crippen LogP contribution < -0.4 is 10.2 Å². The summed E-state index contributed by atoms with van der Waals surface area (Å²) in [5.74, 6) is -1.87. The number of alkyl halides is 4. The van der Waals surface area contributed by atoms with Crippen LogP contribution in [0.2, 0.25) is 0 Å². The molecule has 2 aromatic rings. The molecule has 1 aromatic heterocycles. The molecule has 2 heterocycles.